The maximum atomic E-state index is 11.0. The molecule has 1 aromatic rings. The first-order valence-corrected chi connectivity index (χ1v) is 8.44. The van der Waals surface area contributed by atoms with Crippen LogP contribution in [0.1, 0.15) is 24.8 Å². The van der Waals surface area contributed by atoms with Crippen molar-refractivity contribution < 1.29 is 18.3 Å². The molecule has 18 heavy (non-hydrogen) atoms. The van der Waals surface area contributed by atoms with E-state index in [0.717, 1.165) is 18.4 Å². The van der Waals surface area contributed by atoms with Crippen molar-refractivity contribution in [3.63, 3.8) is 0 Å². The van der Waals surface area contributed by atoms with Crippen molar-refractivity contribution in [3.05, 3.63) is 29.8 Å². The highest BCUT2D eigenvalue weighted by atomic mass is 32.7. The summed E-state index contributed by atoms with van der Waals surface area (Å²) >= 11 is 0. The zero-order chi connectivity index (χ0) is 13.6. The molecule has 1 atom stereocenters. The Morgan fingerprint density at radius 1 is 1.33 bits per heavy atom. The Kier molecular flexibility index (Phi) is 5.56. The lowest BCUT2D eigenvalue weighted by Crippen LogP contribution is -2.03. The number of benzene rings is 1. The third-order valence-corrected chi connectivity index (χ3v) is 3.17. The predicted octanol–water partition coefficient (Wildman–Crippen LogP) is 2.02. The van der Waals surface area contributed by atoms with E-state index in [1.54, 1.807) is 26.6 Å². The molecule has 0 saturated carbocycles. The van der Waals surface area contributed by atoms with Gasteiger partial charge in [0.15, 0.2) is 0 Å². The number of aryl methyl sites for hydroxylation is 1. The summed E-state index contributed by atoms with van der Waals surface area (Å²) in [6.07, 6.45) is 2.29. The summed E-state index contributed by atoms with van der Waals surface area (Å²) < 4.78 is 24.4. The minimum atomic E-state index is -3.34. The van der Waals surface area contributed by atoms with Gasteiger partial charge < -0.3 is 5.11 Å². The second kappa shape index (κ2) is 6.71. The number of hydrogen-bond donors (Lipinski definition) is 2. The molecular formula is C11H16NO4PS. The fourth-order valence-corrected chi connectivity index (χ4v) is 2.42. The van der Waals surface area contributed by atoms with Crippen molar-refractivity contribution >= 4 is 29.7 Å². The molecule has 0 bridgehead atoms. The van der Waals surface area contributed by atoms with Crippen molar-refractivity contribution in [3.8, 4) is 0 Å². The summed E-state index contributed by atoms with van der Waals surface area (Å²) in [5, 5.41) is 8.50. The molecule has 1 unspecified atom stereocenters. The van der Waals surface area contributed by atoms with Crippen LogP contribution in [-0.4, -0.2) is 19.5 Å². The maximum absolute atomic E-state index is 11.0. The molecule has 0 aliphatic carbocycles. The summed E-state index contributed by atoms with van der Waals surface area (Å²) in [5.74, 6) is -0.792. The summed E-state index contributed by atoms with van der Waals surface area (Å²) in [7, 11) is -1.61. The van der Waals surface area contributed by atoms with E-state index >= 15 is 0 Å². The van der Waals surface area contributed by atoms with Crippen LogP contribution >= 0.6 is 8.44 Å². The number of carbonyl (C=O) groups is 1. The largest absolute Gasteiger partial charge is 0.481 e. The Morgan fingerprint density at radius 3 is 2.67 bits per heavy atom. The molecule has 0 spiro atoms. The minimum Gasteiger partial charge on any atom is -0.481 e. The first-order chi connectivity index (χ1) is 8.37. The molecule has 5 nitrogen and oxygen atoms in total. The van der Waals surface area contributed by atoms with Gasteiger partial charge in [-0.1, -0.05) is 12.1 Å². The maximum Gasteiger partial charge on any atom is 0.303 e. The normalized spacial score (nSPS) is 11.2. The number of rotatable bonds is 7. The lowest BCUT2D eigenvalue weighted by Gasteiger charge is -2.06. The quantitative estimate of drug-likeness (QED) is 0.594. The molecular weight excluding hydrogens is 273 g/mol. The van der Waals surface area contributed by atoms with Gasteiger partial charge in [-0.25, -0.2) is 8.42 Å². The van der Waals surface area contributed by atoms with E-state index in [1.165, 1.54) is 0 Å². The molecule has 1 rings (SSSR count). The van der Waals surface area contributed by atoms with Crippen molar-refractivity contribution in [1.82, 2.24) is 0 Å². The number of nitrogens with one attached hydrogen (secondary N) is 1. The molecule has 0 saturated heterocycles. The highest BCUT2D eigenvalue weighted by molar-refractivity contribution is 8.38. The van der Waals surface area contributed by atoms with Gasteiger partial charge in [-0.3, -0.25) is 9.52 Å². The van der Waals surface area contributed by atoms with Gasteiger partial charge in [0.2, 0.25) is 9.64 Å². The summed E-state index contributed by atoms with van der Waals surface area (Å²) in [6, 6.07) is 7.08. The van der Waals surface area contributed by atoms with Gasteiger partial charge >= 0.3 is 5.97 Å². The molecule has 1 aromatic carbocycles. The van der Waals surface area contributed by atoms with Crippen LogP contribution in [0.4, 0.5) is 5.69 Å². The fraction of sp³-hybridized carbons (Fsp3) is 0.364. The molecule has 2 N–H and O–H groups in total. The second-order valence-electron chi connectivity index (χ2n) is 3.95. The van der Waals surface area contributed by atoms with Crippen LogP contribution in [0.25, 0.3) is 0 Å². The smallest absolute Gasteiger partial charge is 0.303 e. The Hall–Kier alpha value is -1.13. The van der Waals surface area contributed by atoms with Gasteiger partial charge in [0.1, 0.15) is 0 Å². The Morgan fingerprint density at radius 2 is 2.06 bits per heavy atom. The molecule has 100 valence electrons. The second-order valence-corrected chi connectivity index (χ2v) is 7.10. The van der Waals surface area contributed by atoms with Gasteiger partial charge in [0.25, 0.3) is 0 Å². The average molecular weight is 289 g/mol. The predicted molar refractivity (Wildman–Crippen MR) is 73.9 cm³/mol. The van der Waals surface area contributed by atoms with Gasteiger partial charge in [-0.05, 0) is 37.0 Å². The van der Waals surface area contributed by atoms with Gasteiger partial charge in [-0.15, -0.1) is 0 Å². The van der Waals surface area contributed by atoms with Gasteiger partial charge in [0.05, 0.1) is 0 Å². The number of carboxylic acids is 1. The Balaban J connectivity index is 2.52. The number of carboxylic acid groups (broad SMARTS) is 1. The SMILES string of the molecule is O=C(O)CCCCc1cccc(NS(=O)(=O)P)c1. The monoisotopic (exact) mass is 289 g/mol. The van der Waals surface area contributed by atoms with Crippen LogP contribution in [0.5, 0.6) is 0 Å². The van der Waals surface area contributed by atoms with Gasteiger partial charge in [0, 0.05) is 20.5 Å². The summed E-state index contributed by atoms with van der Waals surface area (Å²) in [4.78, 5) is 10.3. The number of unbranched alkanes of at least 4 members (excludes halogenated alkanes) is 1. The molecule has 0 fully saturated rings. The van der Waals surface area contributed by atoms with E-state index in [1.807, 2.05) is 6.07 Å². The van der Waals surface area contributed by atoms with E-state index in [-0.39, 0.29) is 6.42 Å². The third kappa shape index (κ3) is 6.57. The highest BCUT2D eigenvalue weighted by Gasteiger charge is 2.03. The van der Waals surface area contributed by atoms with Crippen LogP contribution in [0, 0.1) is 0 Å². The van der Waals surface area contributed by atoms with Crippen LogP contribution in [0.3, 0.4) is 0 Å². The lowest BCUT2D eigenvalue weighted by atomic mass is 10.1. The Bertz CT molecular complexity index is 516. The number of anilines is 1. The van der Waals surface area contributed by atoms with Crippen LogP contribution in [-0.2, 0) is 20.9 Å². The van der Waals surface area contributed by atoms with E-state index in [0.29, 0.717) is 12.1 Å². The van der Waals surface area contributed by atoms with Crippen molar-refractivity contribution in [2.75, 3.05) is 4.72 Å². The molecule has 0 amide bonds. The molecule has 0 radical (unpaired) electrons. The molecule has 7 heteroatoms. The van der Waals surface area contributed by atoms with E-state index in [2.05, 4.69) is 4.72 Å². The topological polar surface area (TPSA) is 83.5 Å². The van der Waals surface area contributed by atoms with Crippen LogP contribution < -0.4 is 4.72 Å². The van der Waals surface area contributed by atoms with Gasteiger partial charge in [-0.2, -0.15) is 0 Å². The van der Waals surface area contributed by atoms with Crippen molar-refractivity contribution in [2.24, 2.45) is 0 Å². The van der Waals surface area contributed by atoms with E-state index in [4.69, 9.17) is 5.11 Å². The molecule has 0 heterocycles. The van der Waals surface area contributed by atoms with E-state index < -0.39 is 15.6 Å². The zero-order valence-corrected chi connectivity index (χ0v) is 11.8. The number of aliphatic carboxylic acids is 1. The van der Waals surface area contributed by atoms with Crippen LogP contribution in [0.15, 0.2) is 24.3 Å². The first-order valence-electron chi connectivity index (χ1n) is 5.48. The fourth-order valence-electron chi connectivity index (χ4n) is 1.56. The third-order valence-electron chi connectivity index (χ3n) is 2.29. The highest BCUT2D eigenvalue weighted by Crippen LogP contribution is 2.16. The summed E-state index contributed by atoms with van der Waals surface area (Å²) in [5.41, 5.74) is 1.50. The standard InChI is InChI=1S/C11H16NO4PS/c13-11(14)7-2-1-4-9-5-3-6-10(8-9)12-18(15,16)17/h3,5-6,8,12H,1-2,4,7,17H2,(H,13,14). The molecule has 0 aromatic heterocycles. The molecule has 0 aliphatic heterocycles. The van der Waals surface area contributed by atoms with E-state index in [9.17, 15) is 13.2 Å². The Labute approximate surface area is 109 Å². The lowest BCUT2D eigenvalue weighted by molar-refractivity contribution is -0.137. The zero-order valence-electron chi connectivity index (χ0n) is 9.80. The van der Waals surface area contributed by atoms with Crippen LogP contribution in [0.2, 0.25) is 0 Å². The minimum absolute atomic E-state index is 0.165. The molecule has 0 aliphatic rings. The number of hydrogen-bond acceptors (Lipinski definition) is 3. The first kappa shape index (κ1) is 14.9. The summed E-state index contributed by atoms with van der Waals surface area (Å²) in [6.45, 7) is 0. The van der Waals surface area contributed by atoms with Crippen molar-refractivity contribution in [2.45, 2.75) is 25.7 Å². The average Bonchev–Trinajstić information content (AvgIpc) is 2.22. The van der Waals surface area contributed by atoms with Crippen molar-refractivity contribution in [1.29, 1.82) is 0 Å².